The fourth-order valence-corrected chi connectivity index (χ4v) is 3.31. The summed E-state index contributed by atoms with van der Waals surface area (Å²) in [6.07, 6.45) is 2.87. The maximum atomic E-state index is 12.5. The molecule has 3 aromatic heterocycles. The van der Waals surface area contributed by atoms with Crippen LogP contribution >= 0.6 is 11.3 Å². The Morgan fingerprint density at radius 1 is 1.44 bits per heavy atom. The predicted molar refractivity (Wildman–Crippen MR) is 92.0 cm³/mol. The molecule has 0 fully saturated rings. The largest absolute Gasteiger partial charge is 0.462 e. The molecule has 0 spiro atoms. The smallest absolute Gasteiger partial charge is 0.343 e. The summed E-state index contributed by atoms with van der Waals surface area (Å²) in [7, 11) is 0. The zero-order valence-electron chi connectivity index (χ0n) is 13.2. The third-order valence-corrected chi connectivity index (χ3v) is 4.46. The summed E-state index contributed by atoms with van der Waals surface area (Å²) in [4.78, 5) is 39.9. The van der Waals surface area contributed by atoms with Crippen LogP contribution < -0.4 is 5.43 Å². The van der Waals surface area contributed by atoms with Gasteiger partial charge in [0.05, 0.1) is 23.5 Å². The summed E-state index contributed by atoms with van der Waals surface area (Å²) in [5.41, 5.74) is -0.256. The zero-order chi connectivity index (χ0) is 18.0. The van der Waals surface area contributed by atoms with Crippen LogP contribution in [-0.4, -0.2) is 27.1 Å². The van der Waals surface area contributed by atoms with E-state index in [0.717, 1.165) is 0 Å². The van der Waals surface area contributed by atoms with Gasteiger partial charge < -0.3 is 9.30 Å². The van der Waals surface area contributed by atoms with Crippen molar-refractivity contribution in [2.45, 2.75) is 13.5 Å². The van der Waals surface area contributed by atoms with Crippen LogP contribution in [0.25, 0.3) is 11.0 Å². The van der Waals surface area contributed by atoms with Gasteiger partial charge in [-0.3, -0.25) is 14.9 Å². The monoisotopic (exact) mass is 359 g/mol. The molecule has 0 aliphatic rings. The number of rotatable bonds is 5. The van der Waals surface area contributed by atoms with Gasteiger partial charge in [-0.2, -0.15) is 0 Å². The first-order chi connectivity index (χ1) is 12.0. The first-order valence-electron chi connectivity index (χ1n) is 7.39. The molecule has 0 saturated carbocycles. The van der Waals surface area contributed by atoms with E-state index in [2.05, 4.69) is 4.98 Å². The van der Waals surface area contributed by atoms with Crippen LogP contribution in [0.3, 0.4) is 0 Å². The van der Waals surface area contributed by atoms with E-state index in [9.17, 15) is 19.7 Å². The van der Waals surface area contributed by atoms with Crippen molar-refractivity contribution in [3.8, 4) is 0 Å². The number of thiophene rings is 1. The summed E-state index contributed by atoms with van der Waals surface area (Å²) in [6, 6.07) is 4.58. The SMILES string of the molecule is CCOC(=O)c1cn(Cc2sccc2[N+](=O)[O-])c2ncccc2c1=O. The minimum absolute atomic E-state index is 0.00883. The topological polar surface area (TPSA) is 104 Å². The highest BCUT2D eigenvalue weighted by Gasteiger charge is 2.20. The second-order valence-corrected chi connectivity index (χ2v) is 6.08. The second-order valence-electron chi connectivity index (χ2n) is 5.08. The highest BCUT2D eigenvalue weighted by molar-refractivity contribution is 7.10. The Morgan fingerprint density at radius 2 is 2.24 bits per heavy atom. The number of esters is 1. The molecule has 0 atom stereocenters. The van der Waals surface area contributed by atoms with E-state index < -0.39 is 16.3 Å². The average Bonchev–Trinajstić information content (AvgIpc) is 3.06. The maximum Gasteiger partial charge on any atom is 0.343 e. The Bertz CT molecular complexity index is 1020. The molecule has 0 amide bonds. The molecule has 25 heavy (non-hydrogen) atoms. The van der Waals surface area contributed by atoms with Crippen molar-refractivity contribution < 1.29 is 14.5 Å². The van der Waals surface area contributed by atoms with Crippen molar-refractivity contribution in [3.63, 3.8) is 0 Å². The van der Waals surface area contributed by atoms with Gasteiger partial charge in [-0.1, -0.05) is 0 Å². The van der Waals surface area contributed by atoms with Gasteiger partial charge in [-0.15, -0.1) is 11.3 Å². The molecule has 3 aromatic rings. The Labute approximate surface area is 145 Å². The first-order valence-corrected chi connectivity index (χ1v) is 8.27. The van der Waals surface area contributed by atoms with Gasteiger partial charge in [-0.25, -0.2) is 9.78 Å². The van der Waals surface area contributed by atoms with Gasteiger partial charge in [-0.05, 0) is 24.4 Å². The minimum atomic E-state index is -0.729. The van der Waals surface area contributed by atoms with Crippen molar-refractivity contribution in [2.75, 3.05) is 6.61 Å². The molecule has 0 aliphatic heterocycles. The van der Waals surface area contributed by atoms with Crippen LogP contribution in [0.2, 0.25) is 0 Å². The first kappa shape index (κ1) is 16.8. The lowest BCUT2D eigenvalue weighted by atomic mass is 10.2. The molecule has 0 aliphatic carbocycles. The zero-order valence-corrected chi connectivity index (χ0v) is 14.0. The molecular formula is C16H13N3O5S. The number of carbonyl (C=O) groups excluding carboxylic acids is 1. The van der Waals surface area contributed by atoms with E-state index in [1.54, 1.807) is 29.0 Å². The van der Waals surface area contributed by atoms with Crippen LogP contribution in [0.4, 0.5) is 5.69 Å². The van der Waals surface area contributed by atoms with E-state index >= 15 is 0 Å². The van der Waals surface area contributed by atoms with Crippen LogP contribution in [0.15, 0.2) is 40.8 Å². The van der Waals surface area contributed by atoms with Crippen molar-refractivity contribution in [1.29, 1.82) is 0 Å². The molecule has 0 saturated heterocycles. The summed E-state index contributed by atoms with van der Waals surface area (Å²) >= 11 is 1.23. The molecule has 3 heterocycles. The van der Waals surface area contributed by atoms with Gasteiger partial charge in [0, 0.05) is 18.5 Å². The van der Waals surface area contributed by atoms with Crippen molar-refractivity contribution in [3.05, 3.63) is 66.8 Å². The third kappa shape index (κ3) is 3.13. The summed E-state index contributed by atoms with van der Waals surface area (Å²) in [5, 5.41) is 13.0. The molecule has 9 heteroatoms. The quantitative estimate of drug-likeness (QED) is 0.394. The maximum absolute atomic E-state index is 12.5. The fraction of sp³-hybridized carbons (Fsp3) is 0.188. The molecule has 0 aromatic carbocycles. The van der Waals surface area contributed by atoms with Crippen molar-refractivity contribution in [1.82, 2.24) is 9.55 Å². The molecule has 3 rings (SSSR count). The van der Waals surface area contributed by atoms with Gasteiger partial charge in [0.25, 0.3) is 5.69 Å². The van der Waals surface area contributed by atoms with Crippen molar-refractivity contribution in [2.24, 2.45) is 0 Å². The number of aromatic nitrogens is 2. The summed E-state index contributed by atoms with van der Waals surface area (Å²) in [5.74, 6) is -0.729. The Hall–Kier alpha value is -3.07. The molecule has 0 unspecified atom stereocenters. The number of hydrogen-bond acceptors (Lipinski definition) is 7. The molecule has 0 N–H and O–H groups in total. The Balaban J connectivity index is 2.18. The van der Waals surface area contributed by atoms with Crippen LogP contribution in [0.1, 0.15) is 22.2 Å². The number of ether oxygens (including phenoxy) is 1. The number of hydrogen-bond donors (Lipinski definition) is 0. The number of nitrogens with zero attached hydrogens (tertiary/aromatic N) is 3. The van der Waals surface area contributed by atoms with Gasteiger partial charge in [0.2, 0.25) is 5.43 Å². The molecular weight excluding hydrogens is 346 g/mol. The molecule has 128 valence electrons. The lowest BCUT2D eigenvalue weighted by Gasteiger charge is -2.11. The lowest BCUT2D eigenvalue weighted by molar-refractivity contribution is -0.385. The number of pyridine rings is 2. The van der Waals surface area contributed by atoms with Crippen LogP contribution in [0.5, 0.6) is 0 Å². The fourth-order valence-electron chi connectivity index (χ4n) is 2.47. The highest BCUT2D eigenvalue weighted by Crippen LogP contribution is 2.26. The minimum Gasteiger partial charge on any atom is -0.462 e. The second kappa shape index (κ2) is 6.81. The van der Waals surface area contributed by atoms with Crippen LogP contribution in [-0.2, 0) is 11.3 Å². The van der Waals surface area contributed by atoms with Crippen LogP contribution in [0, 0.1) is 10.1 Å². The molecule has 8 nitrogen and oxygen atoms in total. The summed E-state index contributed by atoms with van der Waals surface area (Å²) in [6.45, 7) is 1.90. The Morgan fingerprint density at radius 3 is 2.96 bits per heavy atom. The standard InChI is InChI=1S/C16H13N3O5S/c1-2-24-16(21)11-8-18(9-13-12(19(22)23)5-7-25-13)15-10(14(11)20)4-3-6-17-15/h3-8H,2,9H2,1H3. The lowest BCUT2D eigenvalue weighted by Crippen LogP contribution is -2.21. The average molecular weight is 359 g/mol. The van der Waals surface area contributed by atoms with E-state index in [0.29, 0.717) is 10.5 Å². The van der Waals surface area contributed by atoms with E-state index in [1.807, 2.05) is 0 Å². The molecule has 0 radical (unpaired) electrons. The summed E-state index contributed by atoms with van der Waals surface area (Å²) < 4.78 is 6.49. The van der Waals surface area contributed by atoms with E-state index in [-0.39, 0.29) is 29.8 Å². The number of nitro groups is 1. The number of carbonyl (C=O) groups is 1. The Kier molecular flexibility index (Phi) is 4.57. The number of fused-ring (bicyclic) bond motifs is 1. The van der Waals surface area contributed by atoms with E-state index in [1.165, 1.54) is 29.8 Å². The predicted octanol–water partition coefficient (Wildman–Crippen LogP) is 2.59. The van der Waals surface area contributed by atoms with E-state index in [4.69, 9.17) is 4.74 Å². The highest BCUT2D eigenvalue weighted by atomic mass is 32.1. The third-order valence-electron chi connectivity index (χ3n) is 3.56. The van der Waals surface area contributed by atoms with Gasteiger partial charge in [0.1, 0.15) is 16.1 Å². The molecule has 0 bridgehead atoms. The van der Waals surface area contributed by atoms with Gasteiger partial charge in [0.15, 0.2) is 0 Å². The normalized spacial score (nSPS) is 10.8. The van der Waals surface area contributed by atoms with Crippen molar-refractivity contribution >= 4 is 34.0 Å². The van der Waals surface area contributed by atoms with Gasteiger partial charge >= 0.3 is 5.97 Å².